The average Bonchev–Trinajstić information content (AvgIpc) is 2.70. The number of rotatable bonds is 9. The standard InChI is InChI=1S/C24H37O3PSi/c1-7-22(25)23(18-19-27-29(5,6)24(2,3)4)28(26,20-14-10-8-11-15-20)21-16-12-9-13-17-21/h8-17,22-23,25H,7,18-19H2,1-6H3/t22-,23+/m1/s1. The number of aliphatic hydroxyl groups is 1. The second-order valence-electron chi connectivity index (χ2n) is 9.27. The quantitative estimate of drug-likeness (QED) is 0.417. The molecule has 0 fully saturated rings. The fourth-order valence-electron chi connectivity index (χ4n) is 3.37. The van der Waals surface area contributed by atoms with Crippen LogP contribution in [0.2, 0.25) is 18.1 Å². The lowest BCUT2D eigenvalue weighted by Crippen LogP contribution is -2.42. The molecule has 29 heavy (non-hydrogen) atoms. The molecule has 0 saturated carbocycles. The molecule has 0 spiro atoms. The summed E-state index contributed by atoms with van der Waals surface area (Å²) in [6.45, 7) is 13.6. The molecule has 5 heteroatoms. The van der Waals surface area contributed by atoms with Crippen molar-refractivity contribution in [2.24, 2.45) is 0 Å². The van der Waals surface area contributed by atoms with E-state index in [0.717, 1.165) is 10.6 Å². The summed E-state index contributed by atoms with van der Waals surface area (Å²) in [5.41, 5.74) is -0.373. The highest BCUT2D eigenvalue weighted by atomic mass is 31.2. The summed E-state index contributed by atoms with van der Waals surface area (Å²) < 4.78 is 21.1. The van der Waals surface area contributed by atoms with Crippen molar-refractivity contribution in [3.8, 4) is 0 Å². The van der Waals surface area contributed by atoms with Crippen LogP contribution in [0.15, 0.2) is 60.7 Å². The highest BCUT2D eigenvalue weighted by Crippen LogP contribution is 2.52. The van der Waals surface area contributed by atoms with Crippen LogP contribution >= 0.6 is 7.14 Å². The first-order chi connectivity index (χ1) is 13.5. The van der Waals surface area contributed by atoms with Crippen molar-refractivity contribution in [2.75, 3.05) is 6.61 Å². The summed E-state index contributed by atoms with van der Waals surface area (Å²) in [5.74, 6) is 0. The van der Waals surface area contributed by atoms with Gasteiger partial charge in [0.2, 0.25) is 0 Å². The monoisotopic (exact) mass is 432 g/mol. The SMILES string of the molecule is CC[C@@H](O)[C@H](CCO[Si](C)(C)C(C)(C)C)P(=O)(c1ccccc1)c1ccccc1. The second kappa shape index (κ2) is 9.74. The largest absolute Gasteiger partial charge is 0.417 e. The number of benzene rings is 2. The predicted octanol–water partition coefficient (Wildman–Crippen LogP) is 5.55. The van der Waals surface area contributed by atoms with Gasteiger partial charge >= 0.3 is 0 Å². The van der Waals surface area contributed by atoms with Gasteiger partial charge in [0.25, 0.3) is 0 Å². The van der Waals surface area contributed by atoms with E-state index in [-0.39, 0.29) is 10.7 Å². The van der Waals surface area contributed by atoms with Crippen LogP contribution < -0.4 is 10.6 Å². The Labute approximate surface area is 178 Å². The number of aliphatic hydroxyl groups excluding tert-OH is 1. The summed E-state index contributed by atoms with van der Waals surface area (Å²) in [5, 5.41) is 12.7. The molecule has 0 aliphatic heterocycles. The van der Waals surface area contributed by atoms with E-state index in [2.05, 4.69) is 33.9 Å². The van der Waals surface area contributed by atoms with Crippen LogP contribution in [-0.4, -0.2) is 31.8 Å². The highest BCUT2D eigenvalue weighted by Gasteiger charge is 2.41. The van der Waals surface area contributed by atoms with Crippen molar-refractivity contribution < 1.29 is 14.1 Å². The Morgan fingerprint density at radius 2 is 1.41 bits per heavy atom. The van der Waals surface area contributed by atoms with Gasteiger partial charge in [-0.1, -0.05) is 88.4 Å². The lowest BCUT2D eigenvalue weighted by Gasteiger charge is -2.37. The van der Waals surface area contributed by atoms with Crippen LogP contribution in [0, 0.1) is 0 Å². The maximum Gasteiger partial charge on any atom is 0.191 e. The first kappa shape index (κ1) is 24.1. The zero-order valence-electron chi connectivity index (χ0n) is 18.8. The molecular formula is C24H37O3PSi. The van der Waals surface area contributed by atoms with Crippen LogP contribution in [0.25, 0.3) is 0 Å². The zero-order valence-corrected chi connectivity index (χ0v) is 20.7. The van der Waals surface area contributed by atoms with Crippen molar-refractivity contribution in [3.05, 3.63) is 60.7 Å². The molecule has 2 aromatic rings. The van der Waals surface area contributed by atoms with Crippen molar-refractivity contribution >= 4 is 26.1 Å². The van der Waals surface area contributed by atoms with Gasteiger partial charge in [0.15, 0.2) is 8.32 Å². The highest BCUT2D eigenvalue weighted by molar-refractivity contribution is 7.79. The lowest BCUT2D eigenvalue weighted by atomic mass is 10.1. The predicted molar refractivity (Wildman–Crippen MR) is 128 cm³/mol. The Hall–Kier alpha value is -1.19. The molecule has 0 saturated heterocycles. The molecule has 0 amide bonds. The molecule has 0 radical (unpaired) electrons. The van der Waals surface area contributed by atoms with E-state index in [1.165, 1.54) is 0 Å². The fraction of sp³-hybridized carbons (Fsp3) is 0.500. The number of hydrogen-bond acceptors (Lipinski definition) is 3. The van der Waals surface area contributed by atoms with Crippen LogP contribution in [0.5, 0.6) is 0 Å². The number of hydrogen-bond donors (Lipinski definition) is 1. The molecule has 0 aromatic heterocycles. The first-order valence-corrected chi connectivity index (χ1v) is 15.3. The van der Waals surface area contributed by atoms with Crippen molar-refractivity contribution in [2.45, 2.75) is 70.4 Å². The van der Waals surface area contributed by atoms with Gasteiger partial charge in [-0.05, 0) is 31.0 Å². The minimum Gasteiger partial charge on any atom is -0.417 e. The summed E-state index contributed by atoms with van der Waals surface area (Å²) >= 11 is 0. The molecule has 3 nitrogen and oxygen atoms in total. The van der Waals surface area contributed by atoms with E-state index < -0.39 is 21.6 Å². The summed E-state index contributed by atoms with van der Waals surface area (Å²) in [6, 6.07) is 19.3. The molecule has 160 valence electrons. The Balaban J connectivity index is 2.42. The Bertz CT molecular complexity index is 756. The fourth-order valence-corrected chi connectivity index (χ4v) is 7.89. The summed E-state index contributed by atoms with van der Waals surface area (Å²) in [6.07, 6.45) is 0.487. The van der Waals surface area contributed by atoms with Gasteiger partial charge in [0.05, 0.1) is 6.10 Å². The molecule has 0 unspecified atom stereocenters. The Morgan fingerprint density at radius 1 is 0.966 bits per heavy atom. The van der Waals surface area contributed by atoms with E-state index in [0.29, 0.717) is 19.4 Å². The topological polar surface area (TPSA) is 46.5 Å². The van der Waals surface area contributed by atoms with Gasteiger partial charge in [-0.15, -0.1) is 0 Å². The molecule has 0 heterocycles. The molecule has 2 aromatic carbocycles. The Morgan fingerprint density at radius 3 is 1.79 bits per heavy atom. The van der Waals surface area contributed by atoms with Gasteiger partial charge in [-0.25, -0.2) is 0 Å². The van der Waals surface area contributed by atoms with Gasteiger partial charge < -0.3 is 14.1 Å². The van der Waals surface area contributed by atoms with Crippen molar-refractivity contribution in [1.29, 1.82) is 0 Å². The second-order valence-corrected chi connectivity index (χ2v) is 17.1. The molecular weight excluding hydrogens is 395 g/mol. The van der Waals surface area contributed by atoms with Gasteiger partial charge in [0.1, 0.15) is 7.14 Å². The van der Waals surface area contributed by atoms with Gasteiger partial charge in [-0.3, -0.25) is 0 Å². The molecule has 0 aliphatic rings. The Kier molecular flexibility index (Phi) is 8.09. The summed E-state index contributed by atoms with van der Waals surface area (Å²) in [4.78, 5) is 0. The molecule has 2 rings (SSSR count). The van der Waals surface area contributed by atoms with Gasteiger partial charge in [0, 0.05) is 22.9 Å². The first-order valence-electron chi connectivity index (χ1n) is 10.6. The van der Waals surface area contributed by atoms with Gasteiger partial charge in [-0.2, -0.15) is 0 Å². The minimum absolute atomic E-state index is 0.119. The molecule has 0 bridgehead atoms. The zero-order chi connectivity index (χ0) is 21.7. The van der Waals surface area contributed by atoms with Crippen LogP contribution in [0.1, 0.15) is 40.5 Å². The lowest BCUT2D eigenvalue weighted by molar-refractivity contribution is 0.150. The van der Waals surface area contributed by atoms with Crippen LogP contribution in [0.4, 0.5) is 0 Å². The smallest absolute Gasteiger partial charge is 0.191 e. The van der Waals surface area contributed by atoms with E-state index >= 15 is 0 Å². The maximum atomic E-state index is 14.7. The van der Waals surface area contributed by atoms with E-state index in [1.54, 1.807) is 0 Å². The third-order valence-electron chi connectivity index (χ3n) is 6.29. The van der Waals surface area contributed by atoms with Crippen molar-refractivity contribution in [3.63, 3.8) is 0 Å². The van der Waals surface area contributed by atoms with Crippen molar-refractivity contribution in [1.82, 2.24) is 0 Å². The van der Waals surface area contributed by atoms with E-state index in [4.69, 9.17) is 4.43 Å². The molecule has 2 atom stereocenters. The average molecular weight is 433 g/mol. The molecule has 0 aliphatic carbocycles. The minimum atomic E-state index is -3.04. The van der Waals surface area contributed by atoms with Crippen LogP contribution in [-0.2, 0) is 8.99 Å². The maximum absolute atomic E-state index is 14.7. The van der Waals surface area contributed by atoms with Crippen LogP contribution in [0.3, 0.4) is 0 Å². The van der Waals surface area contributed by atoms with E-state index in [1.807, 2.05) is 67.6 Å². The third-order valence-corrected chi connectivity index (χ3v) is 14.5. The summed E-state index contributed by atoms with van der Waals surface area (Å²) in [7, 11) is -4.95. The normalized spacial score (nSPS) is 15.1. The third kappa shape index (κ3) is 5.49. The molecule has 1 N–H and O–H groups in total. The van der Waals surface area contributed by atoms with E-state index in [9.17, 15) is 9.67 Å².